The zero-order chi connectivity index (χ0) is 13.0. The first-order chi connectivity index (χ1) is 8.70. The maximum Gasteiger partial charge on any atom is 0.189 e. The van der Waals surface area contributed by atoms with Gasteiger partial charge in [0.05, 0.1) is 12.7 Å². The first-order valence-electron chi connectivity index (χ1n) is 5.53. The van der Waals surface area contributed by atoms with E-state index in [1.807, 2.05) is 0 Å². The van der Waals surface area contributed by atoms with Gasteiger partial charge in [0.25, 0.3) is 0 Å². The van der Waals surface area contributed by atoms with Crippen molar-refractivity contribution in [3.8, 4) is 0 Å². The average Bonchev–Trinajstić information content (AvgIpc) is 2.81. The number of nitrogens with two attached hydrogens (primary N) is 2. The van der Waals surface area contributed by atoms with E-state index in [-0.39, 0.29) is 12.2 Å². The van der Waals surface area contributed by atoms with Gasteiger partial charge in [-0.3, -0.25) is 9.48 Å². The molecule has 0 aliphatic carbocycles. The number of pyridine rings is 1. The second-order valence-corrected chi connectivity index (χ2v) is 3.80. The molecule has 7 heteroatoms. The van der Waals surface area contributed by atoms with Crippen molar-refractivity contribution in [2.24, 2.45) is 5.73 Å². The van der Waals surface area contributed by atoms with Crippen LogP contribution in [0.25, 0.3) is 0 Å². The van der Waals surface area contributed by atoms with Crippen molar-refractivity contribution in [2.45, 2.75) is 13.0 Å². The maximum atomic E-state index is 12.0. The third-order valence-electron chi connectivity index (χ3n) is 2.46. The van der Waals surface area contributed by atoms with E-state index < -0.39 is 0 Å². The van der Waals surface area contributed by atoms with Crippen LogP contribution in [0.4, 0.5) is 5.82 Å². The molecule has 0 atom stereocenters. The van der Waals surface area contributed by atoms with Gasteiger partial charge in [-0.1, -0.05) is 11.3 Å². The first kappa shape index (κ1) is 12.2. The monoisotopic (exact) mass is 246 g/mol. The second kappa shape index (κ2) is 5.37. The van der Waals surface area contributed by atoms with E-state index in [9.17, 15) is 4.79 Å². The lowest BCUT2D eigenvalue weighted by molar-refractivity contribution is 0.0988. The summed E-state index contributed by atoms with van der Waals surface area (Å²) in [5.74, 6) is 0.221. The van der Waals surface area contributed by atoms with Gasteiger partial charge in [0.15, 0.2) is 5.78 Å². The molecule has 0 saturated carbocycles. The molecular formula is C11H14N6O. The van der Waals surface area contributed by atoms with Gasteiger partial charge in [0.2, 0.25) is 0 Å². The minimum atomic E-state index is -0.141. The Balaban J connectivity index is 2.10. The highest BCUT2D eigenvalue weighted by atomic mass is 16.1. The van der Waals surface area contributed by atoms with Gasteiger partial charge in [-0.2, -0.15) is 0 Å². The molecule has 0 aliphatic heterocycles. The lowest BCUT2D eigenvalue weighted by atomic mass is 10.1. The number of hydrogen-bond acceptors (Lipinski definition) is 6. The number of carbonyl (C=O) groups is 1. The standard InChI is InChI=1S/C11H14N6O/c12-3-5-17-7-9(15-16-17)10(18)6-8-2-1-4-14-11(8)13/h1-2,4,7H,3,5-6,12H2,(H2,13,14). The number of anilines is 1. The second-order valence-electron chi connectivity index (χ2n) is 3.80. The summed E-state index contributed by atoms with van der Waals surface area (Å²) in [5, 5.41) is 7.62. The molecule has 0 saturated heterocycles. The number of ketones is 1. The van der Waals surface area contributed by atoms with Crippen molar-refractivity contribution in [1.82, 2.24) is 20.0 Å². The van der Waals surface area contributed by atoms with Crippen molar-refractivity contribution in [3.05, 3.63) is 35.8 Å². The van der Waals surface area contributed by atoms with Gasteiger partial charge in [-0.15, -0.1) is 5.10 Å². The van der Waals surface area contributed by atoms with Gasteiger partial charge < -0.3 is 11.5 Å². The number of nitrogen functional groups attached to an aromatic ring is 1. The third-order valence-corrected chi connectivity index (χ3v) is 2.46. The summed E-state index contributed by atoms with van der Waals surface area (Å²) in [5.41, 5.74) is 12.1. The van der Waals surface area contributed by atoms with E-state index in [0.717, 1.165) is 0 Å². The zero-order valence-electron chi connectivity index (χ0n) is 9.78. The van der Waals surface area contributed by atoms with Crippen molar-refractivity contribution in [3.63, 3.8) is 0 Å². The summed E-state index contributed by atoms with van der Waals surface area (Å²) in [6, 6.07) is 3.51. The lowest BCUT2D eigenvalue weighted by Crippen LogP contribution is -2.10. The number of rotatable bonds is 5. The Labute approximate surface area is 104 Å². The summed E-state index contributed by atoms with van der Waals surface area (Å²) >= 11 is 0. The van der Waals surface area contributed by atoms with Gasteiger partial charge in [-0.05, 0) is 6.07 Å². The number of nitrogens with zero attached hydrogens (tertiary/aromatic N) is 4. The lowest BCUT2D eigenvalue weighted by Gasteiger charge is -2.01. The van der Waals surface area contributed by atoms with Crippen LogP contribution >= 0.6 is 0 Å². The van der Waals surface area contributed by atoms with Gasteiger partial charge >= 0.3 is 0 Å². The van der Waals surface area contributed by atoms with Crippen LogP contribution in [0.2, 0.25) is 0 Å². The molecule has 0 amide bonds. The average molecular weight is 246 g/mol. The molecular weight excluding hydrogens is 232 g/mol. The van der Waals surface area contributed by atoms with Gasteiger partial charge in [0.1, 0.15) is 11.5 Å². The molecule has 0 radical (unpaired) electrons. The largest absolute Gasteiger partial charge is 0.383 e. The molecule has 2 aromatic heterocycles. The molecule has 94 valence electrons. The molecule has 0 aliphatic rings. The number of aromatic nitrogens is 4. The van der Waals surface area contributed by atoms with Crippen LogP contribution in [0.1, 0.15) is 16.1 Å². The van der Waals surface area contributed by atoms with Crippen LogP contribution in [-0.2, 0) is 13.0 Å². The predicted octanol–water partition coefficient (Wildman–Crippen LogP) is -0.361. The van der Waals surface area contributed by atoms with E-state index in [4.69, 9.17) is 11.5 Å². The fourth-order valence-electron chi connectivity index (χ4n) is 1.53. The Kier molecular flexibility index (Phi) is 3.63. The summed E-state index contributed by atoms with van der Waals surface area (Å²) < 4.78 is 1.54. The Morgan fingerprint density at radius 2 is 2.28 bits per heavy atom. The molecule has 2 aromatic rings. The molecule has 0 spiro atoms. The molecule has 0 bridgehead atoms. The highest BCUT2D eigenvalue weighted by Crippen LogP contribution is 2.10. The molecule has 18 heavy (non-hydrogen) atoms. The minimum Gasteiger partial charge on any atom is -0.383 e. The molecule has 2 rings (SSSR count). The molecule has 4 N–H and O–H groups in total. The van der Waals surface area contributed by atoms with Crippen molar-refractivity contribution in [2.75, 3.05) is 12.3 Å². The fourth-order valence-corrected chi connectivity index (χ4v) is 1.53. The molecule has 0 aromatic carbocycles. The Morgan fingerprint density at radius 1 is 1.44 bits per heavy atom. The number of Topliss-reactive ketones (excluding diaryl/α,β-unsaturated/α-hetero) is 1. The Bertz CT molecular complexity index is 550. The SMILES string of the molecule is NCCn1cc(C(=O)Cc2cccnc2N)nn1. The minimum absolute atomic E-state index is 0.141. The highest BCUT2D eigenvalue weighted by molar-refractivity contribution is 5.95. The van der Waals surface area contributed by atoms with Gasteiger partial charge in [0, 0.05) is 24.7 Å². The zero-order valence-corrected chi connectivity index (χ0v) is 9.78. The molecule has 0 fully saturated rings. The number of hydrogen-bond donors (Lipinski definition) is 2. The topological polar surface area (TPSA) is 113 Å². The van der Waals surface area contributed by atoms with Crippen molar-refractivity contribution in [1.29, 1.82) is 0 Å². The first-order valence-corrected chi connectivity index (χ1v) is 5.53. The summed E-state index contributed by atoms with van der Waals surface area (Å²) in [7, 11) is 0. The van der Waals surface area contributed by atoms with E-state index in [1.54, 1.807) is 29.2 Å². The normalized spacial score (nSPS) is 10.5. The van der Waals surface area contributed by atoms with Gasteiger partial charge in [-0.25, -0.2) is 4.98 Å². The Hall–Kier alpha value is -2.28. The van der Waals surface area contributed by atoms with E-state index in [1.165, 1.54) is 0 Å². The van der Waals surface area contributed by atoms with Crippen molar-refractivity contribution >= 4 is 11.6 Å². The summed E-state index contributed by atoms with van der Waals surface area (Å²) in [6.45, 7) is 0.988. The van der Waals surface area contributed by atoms with E-state index in [0.29, 0.717) is 30.2 Å². The van der Waals surface area contributed by atoms with Crippen LogP contribution in [-0.4, -0.2) is 32.3 Å². The predicted molar refractivity (Wildman–Crippen MR) is 65.8 cm³/mol. The molecule has 0 unspecified atom stereocenters. The fraction of sp³-hybridized carbons (Fsp3) is 0.273. The molecule has 7 nitrogen and oxygen atoms in total. The quantitative estimate of drug-likeness (QED) is 0.696. The highest BCUT2D eigenvalue weighted by Gasteiger charge is 2.13. The molecule has 2 heterocycles. The van der Waals surface area contributed by atoms with Crippen molar-refractivity contribution < 1.29 is 4.79 Å². The smallest absolute Gasteiger partial charge is 0.189 e. The van der Waals surface area contributed by atoms with E-state index in [2.05, 4.69) is 15.3 Å². The van der Waals surface area contributed by atoms with Crippen LogP contribution in [0, 0.1) is 0 Å². The van der Waals surface area contributed by atoms with Crippen LogP contribution in [0.5, 0.6) is 0 Å². The maximum absolute atomic E-state index is 12.0. The summed E-state index contributed by atoms with van der Waals surface area (Å²) in [4.78, 5) is 15.9. The Morgan fingerprint density at radius 3 is 3.00 bits per heavy atom. The number of carbonyl (C=O) groups excluding carboxylic acids is 1. The van der Waals surface area contributed by atoms with E-state index >= 15 is 0 Å². The van der Waals surface area contributed by atoms with Crippen LogP contribution in [0.3, 0.4) is 0 Å². The third kappa shape index (κ3) is 2.69. The van der Waals surface area contributed by atoms with Crippen LogP contribution in [0.15, 0.2) is 24.5 Å². The summed E-state index contributed by atoms with van der Waals surface area (Å²) in [6.07, 6.45) is 3.34. The van der Waals surface area contributed by atoms with Crippen LogP contribution < -0.4 is 11.5 Å².